The summed E-state index contributed by atoms with van der Waals surface area (Å²) in [5.41, 5.74) is 14.2. The molecule has 260 valence electrons. The van der Waals surface area contributed by atoms with Crippen LogP contribution in [-0.2, 0) is 0 Å². The lowest BCUT2D eigenvalue weighted by atomic mass is 9.93. The van der Waals surface area contributed by atoms with Crippen LogP contribution in [0.3, 0.4) is 0 Å². The number of pyridine rings is 1. The molecular formula is C49H37N3O2. The summed E-state index contributed by atoms with van der Waals surface area (Å²) < 4.78 is 12.6. The Morgan fingerprint density at radius 1 is 0.556 bits per heavy atom. The van der Waals surface area contributed by atoms with Crippen LogP contribution in [0, 0.1) is 13.8 Å². The van der Waals surface area contributed by atoms with Gasteiger partial charge in [0.15, 0.2) is 23.0 Å². The van der Waals surface area contributed by atoms with Crippen LogP contribution >= 0.6 is 0 Å². The van der Waals surface area contributed by atoms with E-state index >= 15 is 0 Å². The topological polar surface area (TPSA) is 37.8 Å². The molecule has 3 aliphatic rings. The fourth-order valence-corrected chi connectivity index (χ4v) is 7.89. The van der Waals surface area contributed by atoms with Crippen LogP contribution in [0.15, 0.2) is 170 Å². The highest BCUT2D eigenvalue weighted by Crippen LogP contribution is 2.51. The first-order chi connectivity index (χ1) is 26.6. The molecule has 5 heteroatoms. The molecule has 0 bridgehead atoms. The standard InChI is InChI=1S/C49H37N3O2/c1-32-12-11-13-39(33(32)2)36-30-40(34-22-26-37(27-23-34)51-42-14-3-7-18-46(42)53-47-19-8-4-15-43(47)51)50-41(31-36)35-24-28-38(29-25-35)52-44-16-5-9-20-48(44)54-49-21-10-6-17-45(49)52/h3-28,30-31,38H,29H2,1-2H3. The van der Waals surface area contributed by atoms with E-state index in [1.807, 2.05) is 48.5 Å². The van der Waals surface area contributed by atoms with Crippen molar-refractivity contribution >= 4 is 34.0 Å². The predicted octanol–water partition coefficient (Wildman–Crippen LogP) is 13.3. The fourth-order valence-electron chi connectivity index (χ4n) is 7.89. The van der Waals surface area contributed by atoms with E-state index in [9.17, 15) is 0 Å². The molecule has 3 heterocycles. The first-order valence-electron chi connectivity index (χ1n) is 18.5. The number of fused-ring (bicyclic) bond motifs is 4. The van der Waals surface area contributed by atoms with Crippen molar-refractivity contribution in [3.05, 3.63) is 187 Å². The fraction of sp³-hybridized carbons (Fsp3) is 0.0816. The highest BCUT2D eigenvalue weighted by molar-refractivity contribution is 5.88. The third-order valence-electron chi connectivity index (χ3n) is 10.8. The molecule has 0 spiro atoms. The number of aromatic nitrogens is 1. The summed E-state index contributed by atoms with van der Waals surface area (Å²) in [6, 6.07) is 52.8. The van der Waals surface area contributed by atoms with Crippen molar-refractivity contribution in [3.63, 3.8) is 0 Å². The van der Waals surface area contributed by atoms with Crippen LogP contribution in [0.5, 0.6) is 23.0 Å². The maximum absolute atomic E-state index is 6.29. The summed E-state index contributed by atoms with van der Waals surface area (Å²) >= 11 is 0. The Morgan fingerprint density at radius 2 is 1.11 bits per heavy atom. The molecule has 2 aliphatic heterocycles. The van der Waals surface area contributed by atoms with Gasteiger partial charge in [0.1, 0.15) is 0 Å². The lowest BCUT2D eigenvalue weighted by molar-refractivity contribution is 0.470. The SMILES string of the molecule is Cc1cccc(-c2cc(C3=CCC(N4c5ccccc5Oc5ccccc54)C=C3)nc(-c3ccc(N4c5ccccc5Oc5ccccc54)cc3)c2)c1C. The van der Waals surface area contributed by atoms with Gasteiger partial charge in [0.2, 0.25) is 0 Å². The molecule has 1 aliphatic carbocycles. The number of hydrogen-bond donors (Lipinski definition) is 0. The normalized spacial score (nSPS) is 15.2. The van der Waals surface area contributed by atoms with Gasteiger partial charge in [-0.15, -0.1) is 0 Å². The average molecular weight is 700 g/mol. The largest absolute Gasteiger partial charge is 0.453 e. The Labute approximate surface area is 315 Å². The van der Waals surface area contributed by atoms with E-state index < -0.39 is 0 Å². The van der Waals surface area contributed by atoms with Crippen LogP contribution in [0.1, 0.15) is 23.2 Å². The zero-order chi connectivity index (χ0) is 36.2. The Morgan fingerprint density at radius 3 is 1.70 bits per heavy atom. The van der Waals surface area contributed by atoms with Gasteiger partial charge in [0, 0.05) is 11.3 Å². The number of ether oxygens (including phenoxy) is 2. The second-order valence-electron chi connectivity index (χ2n) is 14.0. The minimum atomic E-state index is 0.129. The van der Waals surface area contributed by atoms with E-state index in [0.29, 0.717) is 0 Å². The van der Waals surface area contributed by atoms with Crippen LogP contribution in [0.4, 0.5) is 28.4 Å². The number of nitrogens with zero attached hydrogens (tertiary/aromatic N) is 3. The number of hydrogen-bond acceptors (Lipinski definition) is 5. The molecule has 0 saturated heterocycles. The van der Waals surface area contributed by atoms with Gasteiger partial charge in [0.25, 0.3) is 0 Å². The van der Waals surface area contributed by atoms with Crippen LogP contribution in [0.2, 0.25) is 0 Å². The second kappa shape index (κ2) is 13.0. The van der Waals surface area contributed by atoms with Crippen molar-refractivity contribution in [3.8, 4) is 45.4 Å². The first-order valence-corrected chi connectivity index (χ1v) is 18.5. The third-order valence-corrected chi connectivity index (χ3v) is 10.8. The van der Waals surface area contributed by atoms with Crippen molar-refractivity contribution in [2.24, 2.45) is 0 Å². The molecule has 0 fully saturated rings. The molecule has 1 atom stereocenters. The van der Waals surface area contributed by atoms with Gasteiger partial charge in [-0.3, -0.25) is 0 Å². The summed E-state index contributed by atoms with van der Waals surface area (Å²) in [7, 11) is 0. The maximum Gasteiger partial charge on any atom is 0.151 e. The number of para-hydroxylation sites is 8. The Bertz CT molecular complexity index is 2550. The van der Waals surface area contributed by atoms with Gasteiger partial charge in [-0.2, -0.15) is 0 Å². The zero-order valence-corrected chi connectivity index (χ0v) is 30.1. The summed E-state index contributed by atoms with van der Waals surface area (Å²) in [5, 5.41) is 0. The van der Waals surface area contributed by atoms with E-state index in [1.165, 1.54) is 16.7 Å². The molecule has 5 nitrogen and oxygen atoms in total. The number of benzene rings is 6. The van der Waals surface area contributed by atoms with E-state index in [4.69, 9.17) is 14.5 Å². The maximum atomic E-state index is 6.29. The summed E-state index contributed by atoms with van der Waals surface area (Å²) in [6.45, 7) is 4.39. The van der Waals surface area contributed by atoms with Crippen molar-refractivity contribution in [2.75, 3.05) is 9.80 Å². The summed E-state index contributed by atoms with van der Waals surface area (Å²) in [4.78, 5) is 10.0. The van der Waals surface area contributed by atoms with E-state index in [1.54, 1.807) is 0 Å². The molecule has 0 N–H and O–H groups in total. The summed E-state index contributed by atoms with van der Waals surface area (Å²) in [6.07, 6.45) is 7.72. The molecule has 1 unspecified atom stereocenters. The molecule has 54 heavy (non-hydrogen) atoms. The lowest BCUT2D eigenvalue weighted by Gasteiger charge is -2.38. The zero-order valence-electron chi connectivity index (χ0n) is 30.1. The quantitative estimate of drug-likeness (QED) is 0.179. The van der Waals surface area contributed by atoms with E-state index in [0.717, 1.165) is 85.9 Å². The monoisotopic (exact) mass is 699 g/mol. The molecule has 10 rings (SSSR count). The number of rotatable bonds is 5. The minimum Gasteiger partial charge on any atom is -0.453 e. The highest BCUT2D eigenvalue weighted by atomic mass is 16.5. The number of anilines is 5. The molecule has 0 radical (unpaired) electrons. The van der Waals surface area contributed by atoms with Gasteiger partial charge < -0.3 is 19.3 Å². The van der Waals surface area contributed by atoms with Crippen LogP contribution in [0.25, 0.3) is 28.0 Å². The highest BCUT2D eigenvalue weighted by Gasteiger charge is 2.30. The van der Waals surface area contributed by atoms with E-state index in [-0.39, 0.29) is 6.04 Å². The number of aryl methyl sites for hydroxylation is 1. The van der Waals surface area contributed by atoms with Gasteiger partial charge in [0.05, 0.1) is 40.2 Å². The minimum absolute atomic E-state index is 0.129. The van der Waals surface area contributed by atoms with Crippen molar-refractivity contribution in [1.82, 2.24) is 4.98 Å². The Hall–Kier alpha value is -6.85. The van der Waals surface area contributed by atoms with Crippen molar-refractivity contribution < 1.29 is 9.47 Å². The van der Waals surface area contributed by atoms with Gasteiger partial charge in [-0.25, -0.2) is 4.98 Å². The summed E-state index contributed by atoms with van der Waals surface area (Å²) in [5.74, 6) is 3.43. The van der Waals surface area contributed by atoms with Crippen molar-refractivity contribution in [1.29, 1.82) is 0 Å². The Kier molecular flexibility index (Phi) is 7.65. The smallest absolute Gasteiger partial charge is 0.151 e. The van der Waals surface area contributed by atoms with Gasteiger partial charge >= 0.3 is 0 Å². The molecule has 7 aromatic rings. The predicted molar refractivity (Wildman–Crippen MR) is 220 cm³/mol. The first kappa shape index (κ1) is 31.9. The van der Waals surface area contributed by atoms with Gasteiger partial charge in [-0.05, 0) is 121 Å². The van der Waals surface area contributed by atoms with Crippen LogP contribution in [-0.4, -0.2) is 11.0 Å². The third kappa shape index (κ3) is 5.44. The molecule has 0 saturated carbocycles. The van der Waals surface area contributed by atoms with Gasteiger partial charge in [-0.1, -0.05) is 97.1 Å². The molecule has 1 aromatic heterocycles. The average Bonchev–Trinajstić information content (AvgIpc) is 3.23. The lowest BCUT2D eigenvalue weighted by Crippen LogP contribution is -2.32. The van der Waals surface area contributed by atoms with Crippen molar-refractivity contribution in [2.45, 2.75) is 26.3 Å². The Balaban J connectivity index is 1.02. The van der Waals surface area contributed by atoms with E-state index in [2.05, 4.69) is 145 Å². The second-order valence-corrected chi connectivity index (χ2v) is 14.0. The van der Waals surface area contributed by atoms with Crippen LogP contribution < -0.4 is 19.3 Å². The molecule has 0 amide bonds. The molecular weight excluding hydrogens is 663 g/mol. The number of allylic oxidation sites excluding steroid dienone is 2. The molecule has 6 aromatic carbocycles.